The molecule has 0 amide bonds. The van der Waals surface area contributed by atoms with E-state index in [0.29, 0.717) is 0 Å². The first-order valence-electron chi connectivity index (χ1n) is 7.89. The summed E-state index contributed by atoms with van der Waals surface area (Å²) in [7, 11) is 2.10. The summed E-state index contributed by atoms with van der Waals surface area (Å²) >= 11 is 0. The van der Waals surface area contributed by atoms with Crippen molar-refractivity contribution in [1.29, 1.82) is 0 Å². The van der Waals surface area contributed by atoms with Crippen molar-refractivity contribution in [2.24, 2.45) is 0 Å². The molecule has 22 heavy (non-hydrogen) atoms. The number of carbonyl (C=O) groups excluding carboxylic acids is 1. The normalized spacial score (nSPS) is 17.0. The summed E-state index contributed by atoms with van der Waals surface area (Å²) in [6.45, 7) is 6.09. The molecule has 0 unspecified atom stereocenters. The number of benzene rings is 1. The largest absolute Gasteiger partial charge is 0.464 e. The average molecular weight is 301 g/mol. The van der Waals surface area contributed by atoms with Gasteiger partial charge in [0.05, 0.1) is 12.7 Å². The van der Waals surface area contributed by atoms with E-state index in [1.807, 2.05) is 13.0 Å². The number of hydrogen-bond acceptors (Lipinski definition) is 4. The molecule has 1 aromatic heterocycles. The highest BCUT2D eigenvalue weighted by Crippen LogP contribution is 2.27. The Morgan fingerprint density at radius 1 is 1.32 bits per heavy atom. The van der Waals surface area contributed by atoms with Gasteiger partial charge in [-0.2, -0.15) is 0 Å². The van der Waals surface area contributed by atoms with Crippen LogP contribution >= 0.6 is 0 Å². The van der Waals surface area contributed by atoms with Crippen LogP contribution < -0.4 is 0 Å². The first-order valence-corrected chi connectivity index (χ1v) is 7.89. The number of aryl methyl sites for hydroxylation is 2. The molecule has 1 aliphatic heterocycles. The van der Waals surface area contributed by atoms with Crippen molar-refractivity contribution < 1.29 is 13.9 Å². The van der Waals surface area contributed by atoms with E-state index in [9.17, 15) is 4.79 Å². The Kier molecular flexibility index (Phi) is 4.21. The molecule has 1 aliphatic rings. The summed E-state index contributed by atoms with van der Waals surface area (Å²) in [6.07, 6.45) is 3.87. The van der Waals surface area contributed by atoms with Crippen LogP contribution in [0, 0.1) is 13.8 Å². The van der Waals surface area contributed by atoms with E-state index < -0.39 is 0 Å². The maximum atomic E-state index is 12.2. The number of esters is 1. The van der Waals surface area contributed by atoms with E-state index in [-0.39, 0.29) is 18.5 Å². The number of hydrogen-bond donors (Lipinski definition) is 0. The first kappa shape index (κ1) is 15.1. The minimum Gasteiger partial charge on any atom is -0.464 e. The van der Waals surface area contributed by atoms with Gasteiger partial charge in [-0.25, -0.2) is 0 Å². The second-order valence-electron chi connectivity index (χ2n) is 6.31. The van der Waals surface area contributed by atoms with Crippen LogP contribution in [0.5, 0.6) is 0 Å². The van der Waals surface area contributed by atoms with Gasteiger partial charge in [-0.05, 0) is 44.9 Å². The van der Waals surface area contributed by atoms with E-state index in [1.54, 1.807) is 6.26 Å². The lowest BCUT2D eigenvalue weighted by molar-refractivity contribution is -0.150. The Balaban J connectivity index is 1.68. The molecule has 0 aliphatic carbocycles. The third kappa shape index (κ3) is 3.02. The van der Waals surface area contributed by atoms with Crippen molar-refractivity contribution in [1.82, 2.24) is 4.90 Å². The van der Waals surface area contributed by atoms with Gasteiger partial charge in [0.2, 0.25) is 0 Å². The van der Waals surface area contributed by atoms with Crippen LogP contribution in [0.25, 0.3) is 11.0 Å². The maximum Gasteiger partial charge on any atom is 0.310 e. The number of ether oxygens (including phenoxy) is 1. The third-order valence-corrected chi connectivity index (χ3v) is 4.64. The number of carbonyl (C=O) groups is 1. The Morgan fingerprint density at radius 3 is 2.77 bits per heavy atom. The van der Waals surface area contributed by atoms with Crippen molar-refractivity contribution in [3.05, 3.63) is 35.1 Å². The highest BCUT2D eigenvalue weighted by Gasteiger charge is 2.21. The zero-order valence-electron chi connectivity index (χ0n) is 13.5. The lowest BCUT2D eigenvalue weighted by atomic mass is 10.0. The fraction of sp³-hybridized carbons (Fsp3) is 0.500. The Morgan fingerprint density at radius 2 is 2.05 bits per heavy atom. The van der Waals surface area contributed by atoms with E-state index in [0.717, 1.165) is 48.0 Å². The summed E-state index contributed by atoms with van der Waals surface area (Å²) in [5.74, 6) is -0.157. The second-order valence-corrected chi connectivity index (χ2v) is 6.31. The van der Waals surface area contributed by atoms with E-state index >= 15 is 0 Å². The molecular formula is C18H23NO3. The zero-order valence-corrected chi connectivity index (χ0v) is 13.5. The highest BCUT2D eigenvalue weighted by atomic mass is 16.5. The minimum atomic E-state index is -0.157. The SMILES string of the molecule is Cc1ccc2c(CC(=O)OC3CCN(C)CC3)coc2c1C. The third-order valence-electron chi connectivity index (χ3n) is 4.64. The number of furan rings is 1. The molecule has 0 radical (unpaired) electrons. The fourth-order valence-electron chi connectivity index (χ4n) is 3.01. The molecule has 1 aromatic carbocycles. The van der Waals surface area contributed by atoms with Crippen LogP contribution in [0.3, 0.4) is 0 Å². The quantitative estimate of drug-likeness (QED) is 0.816. The Hall–Kier alpha value is -1.81. The molecule has 0 bridgehead atoms. The molecule has 118 valence electrons. The number of likely N-dealkylation sites (tertiary alicyclic amines) is 1. The maximum absolute atomic E-state index is 12.2. The van der Waals surface area contributed by atoms with Crippen LogP contribution in [-0.4, -0.2) is 37.1 Å². The summed E-state index contributed by atoms with van der Waals surface area (Å²) < 4.78 is 11.3. The summed E-state index contributed by atoms with van der Waals surface area (Å²) in [4.78, 5) is 14.4. The molecular weight excluding hydrogens is 278 g/mol. The zero-order chi connectivity index (χ0) is 15.7. The van der Waals surface area contributed by atoms with Crippen molar-refractivity contribution >= 4 is 16.9 Å². The van der Waals surface area contributed by atoms with Crippen molar-refractivity contribution in [3.8, 4) is 0 Å². The minimum absolute atomic E-state index is 0.0610. The molecule has 1 fully saturated rings. The number of nitrogens with zero attached hydrogens (tertiary/aromatic N) is 1. The number of rotatable bonds is 3. The van der Waals surface area contributed by atoms with Gasteiger partial charge in [-0.3, -0.25) is 4.79 Å². The standard InChI is InChI=1S/C18H23NO3/c1-12-4-5-16-14(11-21-18(16)13(12)2)10-17(20)22-15-6-8-19(3)9-7-15/h4-5,11,15H,6-10H2,1-3H3. The molecule has 4 nitrogen and oxygen atoms in total. The average Bonchev–Trinajstić information content (AvgIpc) is 2.89. The van der Waals surface area contributed by atoms with Gasteiger partial charge in [0.25, 0.3) is 0 Å². The number of piperidine rings is 1. The monoisotopic (exact) mass is 301 g/mol. The van der Waals surface area contributed by atoms with Crippen molar-refractivity contribution in [2.75, 3.05) is 20.1 Å². The topological polar surface area (TPSA) is 42.7 Å². The smallest absolute Gasteiger partial charge is 0.310 e. The van der Waals surface area contributed by atoms with Gasteiger partial charge >= 0.3 is 5.97 Å². The molecule has 2 heterocycles. The van der Waals surface area contributed by atoms with Gasteiger partial charge in [0, 0.05) is 24.0 Å². The van der Waals surface area contributed by atoms with Crippen molar-refractivity contribution in [3.63, 3.8) is 0 Å². The molecule has 0 N–H and O–H groups in total. The second kappa shape index (κ2) is 6.13. The summed E-state index contributed by atoms with van der Waals surface area (Å²) in [6, 6.07) is 4.10. The Labute approximate surface area is 131 Å². The fourth-order valence-corrected chi connectivity index (χ4v) is 3.01. The van der Waals surface area contributed by atoms with Crippen molar-refractivity contribution in [2.45, 2.75) is 39.2 Å². The molecule has 0 spiro atoms. The van der Waals surface area contributed by atoms with Gasteiger partial charge in [-0.15, -0.1) is 0 Å². The first-order chi connectivity index (χ1) is 10.5. The van der Waals surface area contributed by atoms with Crippen LogP contribution in [-0.2, 0) is 16.0 Å². The number of fused-ring (bicyclic) bond motifs is 1. The van der Waals surface area contributed by atoms with Gasteiger partial charge in [0.15, 0.2) is 0 Å². The highest BCUT2D eigenvalue weighted by molar-refractivity contribution is 5.88. The van der Waals surface area contributed by atoms with Crippen LogP contribution in [0.4, 0.5) is 0 Å². The molecule has 0 atom stereocenters. The van der Waals surface area contributed by atoms with Crippen LogP contribution in [0.1, 0.15) is 29.5 Å². The van der Waals surface area contributed by atoms with Crippen LogP contribution in [0.2, 0.25) is 0 Å². The predicted octanol–water partition coefficient (Wildman–Crippen LogP) is 3.23. The molecule has 4 heteroatoms. The van der Waals surface area contributed by atoms with Gasteiger partial charge in [0.1, 0.15) is 11.7 Å². The molecule has 1 saturated heterocycles. The van der Waals surface area contributed by atoms with E-state index in [1.165, 1.54) is 5.56 Å². The lowest BCUT2D eigenvalue weighted by Gasteiger charge is -2.28. The van der Waals surface area contributed by atoms with Crippen LogP contribution in [0.15, 0.2) is 22.8 Å². The van der Waals surface area contributed by atoms with Gasteiger partial charge in [-0.1, -0.05) is 12.1 Å². The molecule has 2 aromatic rings. The molecule has 0 saturated carbocycles. The van der Waals surface area contributed by atoms with E-state index in [4.69, 9.17) is 9.15 Å². The lowest BCUT2D eigenvalue weighted by Crippen LogP contribution is -2.35. The molecule has 3 rings (SSSR count). The summed E-state index contributed by atoms with van der Waals surface area (Å²) in [5, 5.41) is 1.02. The Bertz CT molecular complexity index is 681. The summed E-state index contributed by atoms with van der Waals surface area (Å²) in [5.41, 5.74) is 4.12. The van der Waals surface area contributed by atoms with Gasteiger partial charge < -0.3 is 14.1 Å². The predicted molar refractivity (Wildman–Crippen MR) is 86.0 cm³/mol. The van der Waals surface area contributed by atoms with E-state index in [2.05, 4.69) is 24.9 Å².